The Bertz CT molecular complexity index is 370. The highest BCUT2D eigenvalue weighted by Gasteiger charge is 2.29. The fourth-order valence-corrected chi connectivity index (χ4v) is 1.90. The first kappa shape index (κ1) is 16.6. The Kier molecular flexibility index (Phi) is 6.63. The molecular weight excluding hydrogens is 264 g/mol. The van der Waals surface area contributed by atoms with E-state index in [2.05, 4.69) is 10.1 Å². The molecule has 0 bridgehead atoms. The minimum Gasteiger partial charge on any atom is -0.469 e. The van der Waals surface area contributed by atoms with Crippen molar-refractivity contribution in [3.05, 3.63) is 12.2 Å². The average Bonchev–Trinajstić information content (AvgIpc) is 2.39. The van der Waals surface area contributed by atoms with Gasteiger partial charge in [-0.05, 0) is 14.1 Å². The van der Waals surface area contributed by atoms with Gasteiger partial charge in [0.15, 0.2) is 0 Å². The lowest BCUT2D eigenvalue weighted by Crippen LogP contribution is -2.50. The molecule has 1 amide bonds. The highest BCUT2D eigenvalue weighted by molar-refractivity contribution is 5.78. The van der Waals surface area contributed by atoms with Gasteiger partial charge in [-0.1, -0.05) is 12.2 Å². The van der Waals surface area contributed by atoms with Crippen molar-refractivity contribution in [1.29, 1.82) is 0 Å². The molecule has 0 saturated carbocycles. The molecule has 0 aromatic rings. The Balaban J connectivity index is 2.58. The van der Waals surface area contributed by atoms with Gasteiger partial charge in [-0.2, -0.15) is 0 Å². The lowest BCUT2D eigenvalue weighted by molar-refractivity contribution is -0.145. The lowest BCUT2D eigenvalue weighted by atomic mass is 10.0. The van der Waals surface area contributed by atoms with E-state index in [0.29, 0.717) is 0 Å². The molecule has 0 aromatic carbocycles. The third kappa shape index (κ3) is 5.28. The third-order valence-electron chi connectivity index (χ3n) is 2.85. The molecule has 0 radical (unpaired) electrons. The summed E-state index contributed by atoms with van der Waals surface area (Å²) >= 11 is 0. The number of methoxy groups -OCH3 is 1. The number of hydrogen-bond donors (Lipinski definition) is 2. The summed E-state index contributed by atoms with van der Waals surface area (Å²) in [4.78, 5) is 24.6. The van der Waals surface area contributed by atoms with Gasteiger partial charge in [0.2, 0.25) is 5.91 Å². The Morgan fingerprint density at radius 3 is 2.65 bits per heavy atom. The summed E-state index contributed by atoms with van der Waals surface area (Å²) < 4.78 is 10.1. The van der Waals surface area contributed by atoms with Crippen LogP contribution >= 0.6 is 0 Å². The van der Waals surface area contributed by atoms with Gasteiger partial charge < -0.3 is 24.8 Å². The van der Waals surface area contributed by atoms with E-state index in [9.17, 15) is 14.7 Å². The SMILES string of the molecule is COC(=O)C[C@@H]1C=C[C@@H](NC(=O)CN(C)C)[C@@H](CO)O1. The van der Waals surface area contributed by atoms with E-state index in [0.717, 1.165) is 0 Å². The molecule has 0 unspecified atom stereocenters. The van der Waals surface area contributed by atoms with Crippen molar-refractivity contribution in [3.8, 4) is 0 Å². The number of carbonyl (C=O) groups excluding carboxylic acids is 2. The van der Waals surface area contributed by atoms with Crippen molar-refractivity contribution in [2.75, 3.05) is 34.4 Å². The Morgan fingerprint density at radius 2 is 2.10 bits per heavy atom. The first-order valence-electron chi connectivity index (χ1n) is 6.41. The van der Waals surface area contributed by atoms with Crippen molar-refractivity contribution in [3.63, 3.8) is 0 Å². The molecule has 7 nitrogen and oxygen atoms in total. The first-order chi connectivity index (χ1) is 9.46. The van der Waals surface area contributed by atoms with Gasteiger partial charge >= 0.3 is 5.97 Å². The lowest BCUT2D eigenvalue weighted by Gasteiger charge is -2.31. The predicted molar refractivity (Wildman–Crippen MR) is 72.0 cm³/mol. The van der Waals surface area contributed by atoms with Gasteiger partial charge in [0.1, 0.15) is 6.10 Å². The average molecular weight is 286 g/mol. The number of rotatable bonds is 6. The number of carbonyl (C=O) groups is 2. The molecule has 7 heteroatoms. The van der Waals surface area contributed by atoms with Gasteiger partial charge in [-0.25, -0.2) is 0 Å². The summed E-state index contributed by atoms with van der Waals surface area (Å²) in [5.41, 5.74) is 0. The molecule has 114 valence electrons. The maximum atomic E-state index is 11.7. The van der Waals surface area contributed by atoms with Gasteiger partial charge in [0.05, 0.1) is 38.8 Å². The molecule has 1 aliphatic heterocycles. The van der Waals surface area contributed by atoms with Crippen molar-refractivity contribution >= 4 is 11.9 Å². The summed E-state index contributed by atoms with van der Waals surface area (Å²) in [6.07, 6.45) is 2.51. The Hall–Kier alpha value is -1.44. The molecule has 3 atom stereocenters. The number of ether oxygens (including phenoxy) is 2. The number of aliphatic hydroxyl groups excluding tert-OH is 1. The Labute approximate surface area is 118 Å². The molecule has 0 saturated heterocycles. The maximum absolute atomic E-state index is 11.7. The molecule has 2 N–H and O–H groups in total. The van der Waals surface area contributed by atoms with Crippen LogP contribution in [0.25, 0.3) is 0 Å². The molecule has 0 spiro atoms. The van der Waals surface area contributed by atoms with E-state index in [1.807, 2.05) is 0 Å². The number of amides is 1. The van der Waals surface area contributed by atoms with E-state index in [1.54, 1.807) is 31.1 Å². The summed E-state index contributed by atoms with van der Waals surface area (Å²) in [5.74, 6) is -0.537. The molecule has 20 heavy (non-hydrogen) atoms. The van der Waals surface area contributed by atoms with Crippen LogP contribution in [0.4, 0.5) is 0 Å². The number of nitrogens with zero attached hydrogens (tertiary/aromatic N) is 1. The number of hydrogen-bond acceptors (Lipinski definition) is 6. The zero-order valence-electron chi connectivity index (χ0n) is 12.0. The molecule has 0 aliphatic carbocycles. The second-order valence-electron chi connectivity index (χ2n) is 4.89. The summed E-state index contributed by atoms with van der Waals surface area (Å²) in [5, 5.41) is 12.1. The zero-order chi connectivity index (χ0) is 15.1. The topological polar surface area (TPSA) is 88.1 Å². The van der Waals surface area contributed by atoms with E-state index >= 15 is 0 Å². The third-order valence-corrected chi connectivity index (χ3v) is 2.85. The maximum Gasteiger partial charge on any atom is 0.308 e. The highest BCUT2D eigenvalue weighted by atomic mass is 16.5. The zero-order valence-corrected chi connectivity index (χ0v) is 12.0. The van der Waals surface area contributed by atoms with E-state index in [4.69, 9.17) is 4.74 Å². The van der Waals surface area contributed by atoms with Crippen LogP contribution in [0.15, 0.2) is 12.2 Å². The summed E-state index contributed by atoms with van der Waals surface area (Å²) in [7, 11) is 4.90. The first-order valence-corrected chi connectivity index (χ1v) is 6.41. The second-order valence-corrected chi connectivity index (χ2v) is 4.89. The predicted octanol–water partition coefficient (Wildman–Crippen LogP) is -1.09. The van der Waals surface area contributed by atoms with Crippen molar-refractivity contribution in [2.45, 2.75) is 24.7 Å². The second kappa shape index (κ2) is 7.98. The number of esters is 1. The number of likely N-dealkylation sites (N-methyl/N-ethyl adjacent to an activating group) is 1. The fraction of sp³-hybridized carbons (Fsp3) is 0.692. The van der Waals surface area contributed by atoms with Crippen LogP contribution < -0.4 is 5.32 Å². The van der Waals surface area contributed by atoms with Crippen molar-refractivity contribution in [1.82, 2.24) is 10.2 Å². The van der Waals surface area contributed by atoms with E-state index < -0.39 is 18.2 Å². The van der Waals surface area contributed by atoms with Crippen LogP contribution in [-0.4, -0.2) is 74.5 Å². The summed E-state index contributed by atoms with van der Waals surface area (Å²) in [6.45, 7) is 0.0169. The standard InChI is InChI=1S/C13H22N2O5/c1-15(2)7-12(17)14-10-5-4-9(6-13(18)19-3)20-11(10)8-16/h4-5,9-11,16H,6-8H2,1-3H3,(H,14,17)/t9-,10+,11+/m0/s1. The minimum atomic E-state index is -0.569. The smallest absolute Gasteiger partial charge is 0.308 e. The van der Waals surface area contributed by atoms with Crippen molar-refractivity contribution in [2.24, 2.45) is 0 Å². The van der Waals surface area contributed by atoms with E-state index in [1.165, 1.54) is 7.11 Å². The van der Waals surface area contributed by atoms with Crippen LogP contribution in [0.3, 0.4) is 0 Å². The van der Waals surface area contributed by atoms with Crippen LogP contribution in [-0.2, 0) is 19.1 Å². The monoisotopic (exact) mass is 286 g/mol. The minimum absolute atomic E-state index is 0.0852. The highest BCUT2D eigenvalue weighted by Crippen LogP contribution is 2.16. The normalized spacial score (nSPS) is 25.6. The quantitative estimate of drug-likeness (QED) is 0.476. The largest absolute Gasteiger partial charge is 0.469 e. The van der Waals surface area contributed by atoms with E-state index in [-0.39, 0.29) is 31.4 Å². The van der Waals surface area contributed by atoms with Gasteiger partial charge in [0.25, 0.3) is 0 Å². The van der Waals surface area contributed by atoms with Gasteiger partial charge in [0, 0.05) is 0 Å². The van der Waals surface area contributed by atoms with Crippen LogP contribution in [0.2, 0.25) is 0 Å². The molecular formula is C13H22N2O5. The van der Waals surface area contributed by atoms with Crippen molar-refractivity contribution < 1.29 is 24.2 Å². The fourth-order valence-electron chi connectivity index (χ4n) is 1.90. The summed E-state index contributed by atoms with van der Waals surface area (Å²) in [6, 6.07) is -0.402. The molecule has 1 aliphatic rings. The Morgan fingerprint density at radius 1 is 1.40 bits per heavy atom. The number of aliphatic hydroxyl groups is 1. The molecule has 0 aromatic heterocycles. The number of nitrogens with one attached hydrogen (secondary N) is 1. The van der Waals surface area contributed by atoms with Crippen LogP contribution in [0.5, 0.6) is 0 Å². The molecule has 1 rings (SSSR count). The molecule has 1 heterocycles. The van der Waals surface area contributed by atoms with Gasteiger partial charge in [-0.3, -0.25) is 9.59 Å². The van der Waals surface area contributed by atoms with Crippen LogP contribution in [0, 0.1) is 0 Å². The van der Waals surface area contributed by atoms with Crippen LogP contribution in [0.1, 0.15) is 6.42 Å². The molecule has 0 fully saturated rings. The van der Waals surface area contributed by atoms with Gasteiger partial charge in [-0.15, -0.1) is 0 Å².